The average Bonchev–Trinajstić information content (AvgIpc) is 2.15. The van der Waals surface area contributed by atoms with Crippen LogP contribution in [-0.4, -0.2) is 13.0 Å². The van der Waals surface area contributed by atoms with Crippen molar-refractivity contribution in [3.63, 3.8) is 0 Å². The summed E-state index contributed by atoms with van der Waals surface area (Å²) in [7, 11) is -4.46. The molecule has 0 N–H and O–H groups in total. The topological polar surface area (TPSA) is 80.3 Å². The summed E-state index contributed by atoms with van der Waals surface area (Å²) in [6.07, 6.45) is 0. The summed E-state index contributed by atoms with van der Waals surface area (Å²) >= 11 is 0. The molecule has 0 fully saturated rings. The largest absolute Gasteiger partial charge is 1.00 e. The van der Waals surface area contributed by atoms with Crippen LogP contribution >= 0.6 is 0 Å². The molecule has 7 heteroatoms. The molecule has 0 heterocycles. The Kier molecular flexibility index (Phi) is 6.70. The van der Waals surface area contributed by atoms with Gasteiger partial charge in [-0.2, -0.15) is 0 Å². The normalized spacial score (nSPS) is 10.4. The molecule has 0 spiro atoms. The molecule has 0 aliphatic carbocycles. The molecular weight excluding hydrogens is 262 g/mol. The molecule has 0 atom stereocenters. The van der Waals surface area contributed by atoms with Crippen molar-refractivity contribution in [3.05, 3.63) is 36.4 Å². The second-order valence-corrected chi connectivity index (χ2v) is 4.50. The quantitative estimate of drug-likeness (QED) is 0.382. The molecule has 2 aromatic carbocycles. The van der Waals surface area contributed by atoms with Crippen LogP contribution in [0.3, 0.4) is 0 Å². The molecule has 0 radical (unpaired) electrons. The minimum absolute atomic E-state index is 0. The van der Waals surface area contributed by atoms with Gasteiger partial charge < -0.3 is 9.66 Å². The monoisotopic (exact) mass is 268 g/mol. The zero-order chi connectivity index (χ0) is 11.1. The van der Waals surface area contributed by atoms with Gasteiger partial charge in [0.2, 0.25) is 0 Å². The van der Waals surface area contributed by atoms with Gasteiger partial charge in [0.15, 0.2) is 0 Å². The van der Waals surface area contributed by atoms with E-state index in [9.17, 15) is 18.1 Å². The Morgan fingerprint density at radius 2 is 1.47 bits per heavy atom. The van der Waals surface area contributed by atoms with Crippen molar-refractivity contribution in [3.8, 4) is 5.75 Å². The molecule has 0 aliphatic rings. The fourth-order valence-corrected chi connectivity index (χ4v) is 1.86. The third-order valence-corrected chi connectivity index (χ3v) is 2.90. The molecule has 0 saturated carbocycles. The summed E-state index contributed by atoms with van der Waals surface area (Å²) in [5.41, 5.74) is 0. The molecular formula is C10H6Na2O4S. The third kappa shape index (κ3) is 4.22. The Morgan fingerprint density at radius 1 is 0.882 bits per heavy atom. The van der Waals surface area contributed by atoms with Crippen LogP contribution in [0, 0.1) is 0 Å². The molecule has 4 nitrogen and oxygen atoms in total. The van der Waals surface area contributed by atoms with E-state index in [0.717, 1.165) is 5.39 Å². The SMILES string of the molecule is O=S(=O)([O-])c1ccc2ccc([O-])cc2c1.[Na+].[Na+]. The van der Waals surface area contributed by atoms with Crippen molar-refractivity contribution >= 4 is 20.9 Å². The molecule has 0 unspecified atom stereocenters. The molecule has 0 bridgehead atoms. The van der Waals surface area contributed by atoms with Gasteiger partial charge in [-0.15, -0.1) is 5.75 Å². The maximum absolute atomic E-state index is 11.0. The zero-order valence-corrected chi connectivity index (χ0v) is 14.3. The van der Waals surface area contributed by atoms with E-state index in [1.54, 1.807) is 6.07 Å². The van der Waals surface area contributed by atoms with E-state index < -0.39 is 10.1 Å². The Balaban J connectivity index is 0.00000128. The van der Waals surface area contributed by atoms with Crippen molar-refractivity contribution in [2.75, 3.05) is 0 Å². The molecule has 0 amide bonds. The minimum Gasteiger partial charge on any atom is -0.872 e. The van der Waals surface area contributed by atoms with E-state index >= 15 is 0 Å². The van der Waals surface area contributed by atoms with Crippen LogP contribution in [0.2, 0.25) is 0 Å². The van der Waals surface area contributed by atoms with Crippen LogP contribution in [0.5, 0.6) is 5.75 Å². The number of benzene rings is 2. The van der Waals surface area contributed by atoms with E-state index in [2.05, 4.69) is 0 Å². The van der Waals surface area contributed by atoms with Crippen LogP contribution in [0.25, 0.3) is 10.8 Å². The summed E-state index contributed by atoms with van der Waals surface area (Å²) in [6, 6.07) is 8.20. The van der Waals surface area contributed by atoms with Gasteiger partial charge in [-0.1, -0.05) is 24.3 Å². The molecule has 0 saturated heterocycles. The first-order chi connectivity index (χ1) is 6.97. The minimum atomic E-state index is -4.46. The van der Waals surface area contributed by atoms with Crippen molar-refractivity contribution in [2.24, 2.45) is 0 Å². The van der Waals surface area contributed by atoms with Crippen molar-refractivity contribution in [1.29, 1.82) is 0 Å². The van der Waals surface area contributed by atoms with Gasteiger partial charge in [-0.05, 0) is 22.9 Å². The van der Waals surface area contributed by atoms with Crippen LogP contribution in [0.4, 0.5) is 0 Å². The van der Waals surface area contributed by atoms with Gasteiger partial charge in [-0.3, -0.25) is 0 Å². The Hall–Kier alpha value is 0.410. The maximum atomic E-state index is 11.0. The molecule has 17 heavy (non-hydrogen) atoms. The first kappa shape index (κ1) is 17.4. The van der Waals surface area contributed by atoms with Gasteiger partial charge >= 0.3 is 59.1 Å². The smallest absolute Gasteiger partial charge is 0.872 e. The van der Waals surface area contributed by atoms with Crippen LogP contribution in [0.15, 0.2) is 41.3 Å². The van der Waals surface area contributed by atoms with E-state index in [1.165, 1.54) is 30.3 Å². The zero-order valence-electron chi connectivity index (χ0n) is 9.51. The number of rotatable bonds is 1. The van der Waals surface area contributed by atoms with E-state index in [-0.39, 0.29) is 69.8 Å². The maximum Gasteiger partial charge on any atom is 1.00 e. The number of hydrogen-bond donors (Lipinski definition) is 0. The predicted octanol–water partition coefficient (Wildman–Crippen LogP) is -5.17. The second-order valence-electron chi connectivity index (χ2n) is 3.12. The van der Waals surface area contributed by atoms with E-state index in [0.29, 0.717) is 5.39 Å². The molecule has 0 aliphatic heterocycles. The summed E-state index contributed by atoms with van der Waals surface area (Å²) in [4.78, 5) is -0.319. The van der Waals surface area contributed by atoms with Gasteiger partial charge in [0.1, 0.15) is 10.1 Å². The van der Waals surface area contributed by atoms with E-state index in [4.69, 9.17) is 0 Å². The third-order valence-electron chi connectivity index (χ3n) is 2.07. The van der Waals surface area contributed by atoms with Crippen LogP contribution < -0.4 is 64.2 Å². The predicted molar refractivity (Wildman–Crippen MR) is 51.4 cm³/mol. The molecule has 78 valence electrons. The van der Waals surface area contributed by atoms with Gasteiger partial charge in [0.05, 0.1) is 4.90 Å². The van der Waals surface area contributed by atoms with Crippen molar-refractivity contribution in [2.45, 2.75) is 4.90 Å². The Labute approximate surface area is 143 Å². The first-order valence-electron chi connectivity index (χ1n) is 4.13. The second kappa shape index (κ2) is 6.54. The Bertz CT molecular complexity index is 625. The standard InChI is InChI=1S/C10H8O4S.2Na/c11-9-3-1-7-2-4-10(15(12,13)14)6-8(7)5-9;;/h1-6,11H,(H,12,13,14);;/q;2*+1/p-2. The van der Waals surface area contributed by atoms with Crippen LogP contribution in [0.1, 0.15) is 0 Å². The summed E-state index contributed by atoms with van der Waals surface area (Å²) in [5, 5.41) is 12.2. The van der Waals surface area contributed by atoms with Crippen molar-refractivity contribution in [1.82, 2.24) is 0 Å². The summed E-state index contributed by atoms with van der Waals surface area (Å²) in [6.45, 7) is 0. The van der Waals surface area contributed by atoms with Crippen molar-refractivity contribution < 1.29 is 77.2 Å². The fraction of sp³-hybridized carbons (Fsp3) is 0. The van der Waals surface area contributed by atoms with Gasteiger partial charge in [0.25, 0.3) is 0 Å². The molecule has 0 aromatic heterocycles. The average molecular weight is 268 g/mol. The van der Waals surface area contributed by atoms with E-state index in [1.807, 2.05) is 0 Å². The molecule has 2 rings (SSSR count). The summed E-state index contributed by atoms with van der Waals surface area (Å²) in [5.74, 6) is -0.219. The number of fused-ring (bicyclic) bond motifs is 1. The molecule has 2 aromatic rings. The fourth-order valence-electron chi connectivity index (χ4n) is 1.36. The Morgan fingerprint density at radius 3 is 2.06 bits per heavy atom. The van der Waals surface area contributed by atoms with Crippen LogP contribution in [-0.2, 0) is 10.1 Å². The van der Waals surface area contributed by atoms with Gasteiger partial charge in [0, 0.05) is 0 Å². The summed E-state index contributed by atoms with van der Waals surface area (Å²) < 4.78 is 32.2. The first-order valence-corrected chi connectivity index (χ1v) is 5.54. The van der Waals surface area contributed by atoms with Gasteiger partial charge in [-0.25, -0.2) is 8.42 Å². The number of hydrogen-bond acceptors (Lipinski definition) is 4.